The molecular formula is C82H159NO5. The highest BCUT2D eigenvalue weighted by Crippen LogP contribution is 2.20. The Balaban J connectivity index is 3.33. The summed E-state index contributed by atoms with van der Waals surface area (Å²) in [6, 6.07) is -0.540. The predicted octanol–water partition coefficient (Wildman–Crippen LogP) is 26.8. The lowest BCUT2D eigenvalue weighted by Crippen LogP contribution is -2.45. The third-order valence-electron chi connectivity index (χ3n) is 19.3. The molecule has 0 aliphatic rings. The van der Waals surface area contributed by atoms with Crippen LogP contribution in [-0.4, -0.2) is 47.4 Å². The summed E-state index contributed by atoms with van der Waals surface area (Å²) in [5.74, 6) is -0.00868. The average molecular weight is 1240 g/mol. The number of ether oxygens (including phenoxy) is 1. The van der Waals surface area contributed by atoms with Crippen molar-refractivity contribution in [2.24, 2.45) is 0 Å². The molecule has 0 fully saturated rings. The van der Waals surface area contributed by atoms with E-state index < -0.39 is 12.1 Å². The molecule has 0 aliphatic heterocycles. The number of nitrogens with one attached hydrogen (secondary N) is 1. The first-order chi connectivity index (χ1) is 43.5. The fraction of sp³-hybridized carbons (Fsp3) is 0.927. The van der Waals surface area contributed by atoms with E-state index in [0.717, 1.165) is 51.4 Å². The first-order valence-corrected chi connectivity index (χ1v) is 40.6. The van der Waals surface area contributed by atoms with Gasteiger partial charge in [-0.25, -0.2) is 0 Å². The molecule has 0 saturated carbocycles. The third kappa shape index (κ3) is 73.4. The number of allylic oxidation sites excluding steroid dienone is 4. The Morgan fingerprint density at radius 2 is 0.568 bits per heavy atom. The monoisotopic (exact) mass is 1240 g/mol. The van der Waals surface area contributed by atoms with Gasteiger partial charge in [0.2, 0.25) is 5.91 Å². The maximum absolute atomic E-state index is 12.6. The SMILES string of the molecule is CCCCC/C=C\C/C=C\CCCCCCCCCCCC(=O)OCCCCCCCCCCCCCCCCCCCCCCCCCCCCCCCC(=O)NC(CO)C(O)CCCCCCCCCCCCCCCCCCCCCCCCC. The minimum absolute atomic E-state index is 0.0169. The lowest BCUT2D eigenvalue weighted by molar-refractivity contribution is -0.143. The summed E-state index contributed by atoms with van der Waals surface area (Å²) in [5.41, 5.74) is 0. The quantitative estimate of drug-likeness (QED) is 0.0320. The summed E-state index contributed by atoms with van der Waals surface area (Å²) >= 11 is 0. The number of carbonyl (C=O) groups is 2. The van der Waals surface area contributed by atoms with E-state index in [-0.39, 0.29) is 18.5 Å². The van der Waals surface area contributed by atoms with Crippen molar-refractivity contribution in [2.75, 3.05) is 13.2 Å². The first-order valence-electron chi connectivity index (χ1n) is 40.6. The maximum Gasteiger partial charge on any atom is 0.305 e. The first kappa shape index (κ1) is 86.3. The lowest BCUT2D eigenvalue weighted by atomic mass is 10.0. The molecule has 0 aromatic rings. The van der Waals surface area contributed by atoms with Gasteiger partial charge >= 0.3 is 5.97 Å². The molecule has 88 heavy (non-hydrogen) atoms. The van der Waals surface area contributed by atoms with Crippen LogP contribution in [0.15, 0.2) is 24.3 Å². The Morgan fingerprint density at radius 1 is 0.318 bits per heavy atom. The lowest BCUT2D eigenvalue weighted by Gasteiger charge is -2.22. The second-order valence-corrected chi connectivity index (χ2v) is 28.1. The molecule has 0 aliphatic carbocycles. The van der Waals surface area contributed by atoms with E-state index in [1.807, 2.05) is 0 Å². The molecule has 0 spiro atoms. The van der Waals surface area contributed by atoms with E-state index in [2.05, 4.69) is 43.5 Å². The van der Waals surface area contributed by atoms with Crippen LogP contribution >= 0.6 is 0 Å². The molecule has 0 aromatic heterocycles. The minimum Gasteiger partial charge on any atom is -0.466 e. The Morgan fingerprint density at radius 3 is 0.886 bits per heavy atom. The van der Waals surface area contributed by atoms with Gasteiger partial charge in [0.15, 0.2) is 0 Å². The van der Waals surface area contributed by atoms with E-state index in [4.69, 9.17) is 4.74 Å². The Hall–Kier alpha value is -1.66. The highest BCUT2D eigenvalue weighted by Gasteiger charge is 2.20. The van der Waals surface area contributed by atoms with Crippen LogP contribution < -0.4 is 5.32 Å². The zero-order chi connectivity index (χ0) is 63.5. The van der Waals surface area contributed by atoms with Crippen molar-refractivity contribution in [1.82, 2.24) is 5.32 Å². The fourth-order valence-corrected chi connectivity index (χ4v) is 13.1. The van der Waals surface area contributed by atoms with E-state index in [9.17, 15) is 19.8 Å². The van der Waals surface area contributed by atoms with Gasteiger partial charge in [0.1, 0.15) is 0 Å². The Bertz CT molecular complexity index is 1380. The van der Waals surface area contributed by atoms with Crippen LogP contribution in [0.3, 0.4) is 0 Å². The second kappa shape index (κ2) is 77.8. The number of rotatable bonds is 77. The van der Waals surface area contributed by atoms with Gasteiger partial charge in [0.25, 0.3) is 0 Å². The summed E-state index contributed by atoms with van der Waals surface area (Å²) in [4.78, 5) is 24.7. The number of esters is 1. The van der Waals surface area contributed by atoms with Crippen LogP contribution in [-0.2, 0) is 14.3 Å². The van der Waals surface area contributed by atoms with Crippen LogP contribution in [0.25, 0.3) is 0 Å². The molecule has 0 rings (SSSR count). The molecule has 2 unspecified atom stereocenters. The van der Waals surface area contributed by atoms with Gasteiger partial charge in [-0.2, -0.15) is 0 Å². The molecule has 3 N–H and O–H groups in total. The van der Waals surface area contributed by atoms with Crippen molar-refractivity contribution >= 4 is 11.9 Å². The van der Waals surface area contributed by atoms with Gasteiger partial charge in [-0.15, -0.1) is 0 Å². The molecule has 1 amide bonds. The smallest absolute Gasteiger partial charge is 0.305 e. The molecule has 0 bridgehead atoms. The van der Waals surface area contributed by atoms with Gasteiger partial charge < -0.3 is 20.3 Å². The van der Waals surface area contributed by atoms with Gasteiger partial charge in [-0.05, 0) is 57.8 Å². The van der Waals surface area contributed by atoms with Crippen LogP contribution in [0.2, 0.25) is 0 Å². The molecular weight excluding hydrogens is 1080 g/mol. The molecule has 0 saturated heterocycles. The number of hydrogen-bond donors (Lipinski definition) is 3. The molecule has 6 heteroatoms. The van der Waals surface area contributed by atoms with Gasteiger partial charge in [-0.3, -0.25) is 9.59 Å². The van der Waals surface area contributed by atoms with Crippen molar-refractivity contribution in [3.8, 4) is 0 Å². The fourth-order valence-electron chi connectivity index (χ4n) is 13.1. The Kier molecular flexibility index (Phi) is 76.3. The number of hydrogen-bond acceptors (Lipinski definition) is 5. The largest absolute Gasteiger partial charge is 0.466 e. The second-order valence-electron chi connectivity index (χ2n) is 28.1. The van der Waals surface area contributed by atoms with Gasteiger partial charge in [0.05, 0.1) is 25.4 Å². The van der Waals surface area contributed by atoms with Crippen molar-refractivity contribution < 1.29 is 24.5 Å². The summed E-state index contributed by atoms with van der Waals surface area (Å²) in [6.45, 7) is 4.98. The molecule has 0 aromatic carbocycles. The number of amides is 1. The number of unbranched alkanes of at least 4 members (excludes halogenated alkanes) is 62. The summed E-state index contributed by atoms with van der Waals surface area (Å²) < 4.78 is 5.52. The normalized spacial score (nSPS) is 12.5. The van der Waals surface area contributed by atoms with Crippen molar-refractivity contribution in [3.63, 3.8) is 0 Å². The van der Waals surface area contributed by atoms with Gasteiger partial charge in [0, 0.05) is 12.8 Å². The van der Waals surface area contributed by atoms with Crippen LogP contribution in [0.1, 0.15) is 463 Å². The van der Waals surface area contributed by atoms with E-state index >= 15 is 0 Å². The van der Waals surface area contributed by atoms with Gasteiger partial charge in [-0.1, -0.05) is 417 Å². The van der Waals surface area contributed by atoms with Crippen molar-refractivity contribution in [3.05, 3.63) is 24.3 Å². The number of aliphatic hydroxyl groups is 2. The standard InChI is InChI=1S/C82H159NO5/c1-3-5-7-9-11-13-15-17-19-21-23-24-32-35-39-42-46-50-54-58-62-66-70-74-80(85)79(78-84)83-81(86)75-71-67-63-59-55-51-47-43-40-36-33-30-28-26-25-27-29-31-34-37-41-45-49-53-57-61-65-69-73-77-88-82(87)76-72-68-64-60-56-52-48-44-38-22-20-18-16-14-12-10-8-6-4-2/h12,14,18,20,79-80,84-85H,3-11,13,15-17,19,21-78H2,1-2H3,(H,83,86)/b14-12-,20-18-. The zero-order valence-electron chi connectivity index (χ0n) is 60.0. The molecule has 2 atom stereocenters. The highest BCUT2D eigenvalue weighted by molar-refractivity contribution is 5.76. The predicted molar refractivity (Wildman–Crippen MR) is 389 cm³/mol. The third-order valence-corrected chi connectivity index (χ3v) is 19.3. The van der Waals surface area contributed by atoms with Crippen LogP contribution in [0.5, 0.6) is 0 Å². The average Bonchev–Trinajstić information content (AvgIpc) is 3.58. The summed E-state index contributed by atoms with van der Waals surface area (Å²) in [6.07, 6.45) is 99.9. The summed E-state index contributed by atoms with van der Waals surface area (Å²) in [7, 11) is 0. The van der Waals surface area contributed by atoms with E-state index in [1.54, 1.807) is 0 Å². The molecule has 0 radical (unpaired) electrons. The van der Waals surface area contributed by atoms with Crippen LogP contribution in [0, 0.1) is 0 Å². The number of carbonyl (C=O) groups excluding carboxylic acids is 2. The highest BCUT2D eigenvalue weighted by atomic mass is 16.5. The maximum atomic E-state index is 12.6. The van der Waals surface area contributed by atoms with E-state index in [1.165, 1.54) is 379 Å². The zero-order valence-corrected chi connectivity index (χ0v) is 60.0. The van der Waals surface area contributed by atoms with E-state index in [0.29, 0.717) is 25.9 Å². The molecule has 6 nitrogen and oxygen atoms in total. The number of aliphatic hydroxyl groups excluding tert-OH is 2. The summed E-state index contributed by atoms with van der Waals surface area (Å²) in [5, 5.41) is 23.5. The van der Waals surface area contributed by atoms with Crippen molar-refractivity contribution in [2.45, 2.75) is 475 Å². The minimum atomic E-state index is -0.663. The molecule has 0 heterocycles. The Labute approximate surface area is 551 Å². The molecule has 522 valence electrons. The van der Waals surface area contributed by atoms with Crippen LogP contribution in [0.4, 0.5) is 0 Å². The van der Waals surface area contributed by atoms with Crippen molar-refractivity contribution in [1.29, 1.82) is 0 Å². The topological polar surface area (TPSA) is 95.9 Å².